The van der Waals surface area contributed by atoms with Crippen LogP contribution in [0.5, 0.6) is 0 Å². The number of rotatable bonds is 5. The Bertz CT molecular complexity index is 754. The second kappa shape index (κ2) is 7.32. The highest BCUT2D eigenvalue weighted by Gasteiger charge is 2.29. The normalized spacial score (nSPS) is 18.5. The van der Waals surface area contributed by atoms with Crippen molar-refractivity contribution < 1.29 is 13.6 Å². The lowest BCUT2D eigenvalue weighted by atomic mass is 9.97. The summed E-state index contributed by atoms with van der Waals surface area (Å²) < 4.78 is 27.6. The summed E-state index contributed by atoms with van der Waals surface area (Å²) >= 11 is 1.58. The Kier molecular flexibility index (Phi) is 5.16. The fraction of sp³-hybridized carbons (Fsp3) is 0.278. The summed E-state index contributed by atoms with van der Waals surface area (Å²) in [4.78, 5) is 12.9. The number of hydrogen-bond acceptors (Lipinski definition) is 3. The topological polar surface area (TPSA) is 41.1 Å². The maximum absolute atomic E-state index is 14.4. The van der Waals surface area contributed by atoms with Crippen molar-refractivity contribution in [1.82, 2.24) is 10.6 Å². The molecule has 0 aromatic heterocycles. The van der Waals surface area contributed by atoms with Gasteiger partial charge in [0.2, 0.25) is 5.91 Å². The predicted octanol–water partition coefficient (Wildman–Crippen LogP) is 3.25. The molecule has 2 aromatic rings. The lowest BCUT2D eigenvalue weighted by Gasteiger charge is -2.23. The largest absolute Gasteiger partial charge is 0.355 e. The Balaban J connectivity index is 2.00. The molecule has 0 saturated carbocycles. The molecule has 3 rings (SSSR count). The second-order valence-corrected chi connectivity index (χ2v) is 6.55. The Morgan fingerprint density at radius 2 is 2.08 bits per heavy atom. The van der Waals surface area contributed by atoms with E-state index < -0.39 is 23.7 Å². The van der Waals surface area contributed by atoms with Crippen LogP contribution in [-0.4, -0.2) is 24.7 Å². The minimum Gasteiger partial charge on any atom is -0.355 e. The first kappa shape index (κ1) is 16.9. The van der Waals surface area contributed by atoms with Gasteiger partial charge in [0.1, 0.15) is 11.6 Å². The van der Waals surface area contributed by atoms with Gasteiger partial charge < -0.3 is 5.32 Å². The average Bonchev–Trinajstić information content (AvgIpc) is 2.98. The number of hydrogen-bond donors (Lipinski definition) is 2. The van der Waals surface area contributed by atoms with E-state index in [4.69, 9.17) is 0 Å². The molecule has 1 aliphatic heterocycles. The monoisotopic (exact) mass is 348 g/mol. The van der Waals surface area contributed by atoms with E-state index in [9.17, 15) is 13.6 Å². The van der Waals surface area contributed by atoms with E-state index in [0.717, 1.165) is 16.5 Å². The maximum Gasteiger partial charge on any atom is 0.237 e. The van der Waals surface area contributed by atoms with Gasteiger partial charge in [0.05, 0.1) is 12.1 Å². The lowest BCUT2D eigenvalue weighted by Crippen LogP contribution is -2.39. The fourth-order valence-corrected chi connectivity index (χ4v) is 3.35. The Labute approximate surface area is 143 Å². The first-order chi connectivity index (χ1) is 11.6. The minimum absolute atomic E-state index is 0.0939. The smallest absolute Gasteiger partial charge is 0.237 e. The molecule has 2 aromatic carbocycles. The summed E-state index contributed by atoms with van der Waals surface area (Å²) in [5.74, 6) is -1.34. The van der Waals surface area contributed by atoms with Crippen LogP contribution in [0.25, 0.3) is 0 Å². The average molecular weight is 348 g/mol. The summed E-state index contributed by atoms with van der Waals surface area (Å²) in [6.07, 6.45) is 2.60. The van der Waals surface area contributed by atoms with Crippen LogP contribution in [-0.2, 0) is 4.79 Å². The van der Waals surface area contributed by atoms with Crippen molar-refractivity contribution >= 4 is 17.7 Å². The van der Waals surface area contributed by atoms with Crippen molar-refractivity contribution in [2.45, 2.75) is 23.4 Å². The van der Waals surface area contributed by atoms with Crippen molar-refractivity contribution in [2.75, 3.05) is 12.8 Å². The maximum atomic E-state index is 14.4. The van der Waals surface area contributed by atoms with Crippen LogP contribution in [0.4, 0.5) is 8.78 Å². The third kappa shape index (κ3) is 3.60. The van der Waals surface area contributed by atoms with Gasteiger partial charge in [-0.2, -0.15) is 0 Å². The molecule has 2 N–H and O–H groups in total. The molecule has 0 unspecified atom stereocenters. The first-order valence-corrected chi connectivity index (χ1v) is 8.93. The van der Waals surface area contributed by atoms with Crippen LogP contribution in [0.2, 0.25) is 0 Å². The number of amides is 1. The van der Waals surface area contributed by atoms with E-state index >= 15 is 0 Å². The molecule has 1 amide bonds. The fourth-order valence-electron chi connectivity index (χ4n) is 2.88. The van der Waals surface area contributed by atoms with Gasteiger partial charge in [0, 0.05) is 23.1 Å². The molecule has 24 heavy (non-hydrogen) atoms. The Morgan fingerprint density at radius 3 is 2.75 bits per heavy atom. The van der Waals surface area contributed by atoms with Crippen molar-refractivity contribution in [1.29, 1.82) is 0 Å². The molecule has 1 saturated heterocycles. The van der Waals surface area contributed by atoms with Crippen molar-refractivity contribution in [3.8, 4) is 0 Å². The van der Waals surface area contributed by atoms with Crippen molar-refractivity contribution in [3.05, 3.63) is 65.2 Å². The number of benzene rings is 2. The van der Waals surface area contributed by atoms with Crippen LogP contribution in [0, 0.1) is 11.6 Å². The standard InChI is InChI=1S/C18H18F2N2OS/c1-24-13-4-2-3-11(9-13)17(22-16-7-8-21-18(16)23)14-6-5-12(19)10-15(14)20/h2-6,9-10,16-17,22H,7-8H2,1H3,(H,21,23)/t16-,17-/m0/s1. The van der Waals surface area contributed by atoms with E-state index in [1.807, 2.05) is 30.5 Å². The van der Waals surface area contributed by atoms with Gasteiger partial charge in [-0.1, -0.05) is 18.2 Å². The molecular weight excluding hydrogens is 330 g/mol. The summed E-state index contributed by atoms with van der Waals surface area (Å²) in [5, 5.41) is 5.99. The zero-order valence-corrected chi connectivity index (χ0v) is 14.0. The third-order valence-corrected chi connectivity index (χ3v) is 4.84. The van der Waals surface area contributed by atoms with Gasteiger partial charge in [-0.05, 0) is 36.4 Å². The minimum atomic E-state index is -0.625. The molecule has 6 heteroatoms. The highest BCUT2D eigenvalue weighted by atomic mass is 32.2. The number of carbonyl (C=O) groups excluding carboxylic acids is 1. The van der Waals surface area contributed by atoms with Crippen molar-refractivity contribution in [3.63, 3.8) is 0 Å². The molecule has 3 nitrogen and oxygen atoms in total. The predicted molar refractivity (Wildman–Crippen MR) is 91.0 cm³/mol. The zero-order chi connectivity index (χ0) is 17.1. The summed E-state index contributed by atoms with van der Waals surface area (Å²) in [5.41, 5.74) is 1.17. The third-order valence-electron chi connectivity index (χ3n) is 4.12. The van der Waals surface area contributed by atoms with E-state index in [0.29, 0.717) is 18.5 Å². The molecule has 1 fully saturated rings. The Morgan fingerprint density at radius 1 is 1.25 bits per heavy atom. The molecule has 0 aliphatic carbocycles. The molecule has 126 valence electrons. The number of thioether (sulfide) groups is 1. The summed E-state index contributed by atoms with van der Waals surface area (Å²) in [7, 11) is 0. The molecule has 0 radical (unpaired) electrons. The first-order valence-electron chi connectivity index (χ1n) is 7.71. The van der Waals surface area contributed by atoms with E-state index in [-0.39, 0.29) is 5.91 Å². The zero-order valence-electron chi connectivity index (χ0n) is 13.2. The second-order valence-electron chi connectivity index (χ2n) is 5.67. The van der Waals surface area contributed by atoms with Gasteiger partial charge >= 0.3 is 0 Å². The van der Waals surface area contributed by atoms with E-state index in [1.54, 1.807) is 11.8 Å². The van der Waals surface area contributed by atoms with Gasteiger partial charge in [-0.25, -0.2) is 8.78 Å². The number of carbonyl (C=O) groups is 1. The van der Waals surface area contributed by atoms with Crippen LogP contribution >= 0.6 is 11.8 Å². The number of halogens is 2. The molecule has 1 aliphatic rings. The van der Waals surface area contributed by atoms with Crippen LogP contribution < -0.4 is 10.6 Å². The molecule has 1 heterocycles. The van der Waals surface area contributed by atoms with Gasteiger partial charge in [0.25, 0.3) is 0 Å². The SMILES string of the molecule is CSc1cccc([C@H](N[C@H]2CCNC2=O)c2ccc(F)cc2F)c1. The van der Waals surface area contributed by atoms with Gasteiger partial charge in [-0.3, -0.25) is 10.1 Å². The van der Waals surface area contributed by atoms with Crippen LogP contribution in [0.15, 0.2) is 47.4 Å². The van der Waals surface area contributed by atoms with Crippen molar-refractivity contribution in [2.24, 2.45) is 0 Å². The lowest BCUT2D eigenvalue weighted by molar-refractivity contribution is -0.121. The Hall–Kier alpha value is -1.92. The highest BCUT2D eigenvalue weighted by molar-refractivity contribution is 7.98. The molecule has 2 atom stereocenters. The number of nitrogens with one attached hydrogen (secondary N) is 2. The molecular formula is C18H18F2N2OS. The van der Waals surface area contributed by atoms with E-state index in [1.165, 1.54) is 12.1 Å². The highest BCUT2D eigenvalue weighted by Crippen LogP contribution is 2.29. The van der Waals surface area contributed by atoms with E-state index in [2.05, 4.69) is 10.6 Å². The quantitative estimate of drug-likeness (QED) is 0.815. The van der Waals surface area contributed by atoms with Crippen LogP contribution in [0.1, 0.15) is 23.6 Å². The summed E-state index contributed by atoms with van der Waals surface area (Å²) in [6.45, 7) is 0.597. The molecule has 0 spiro atoms. The van der Waals surface area contributed by atoms with Gasteiger partial charge in [-0.15, -0.1) is 11.8 Å². The molecule has 0 bridgehead atoms. The summed E-state index contributed by atoms with van der Waals surface area (Å²) in [6, 6.07) is 10.3. The van der Waals surface area contributed by atoms with Gasteiger partial charge in [0.15, 0.2) is 0 Å². The van der Waals surface area contributed by atoms with Crippen LogP contribution in [0.3, 0.4) is 0 Å².